The zero-order valence-corrected chi connectivity index (χ0v) is 18.9. The number of benzene rings is 1. The van der Waals surface area contributed by atoms with E-state index in [-0.39, 0.29) is 12.5 Å². The van der Waals surface area contributed by atoms with Gasteiger partial charge in [0.05, 0.1) is 22.3 Å². The minimum absolute atomic E-state index is 0.0259. The number of halogens is 1. The fourth-order valence-corrected chi connectivity index (χ4v) is 4.31. The van der Waals surface area contributed by atoms with E-state index < -0.39 is 0 Å². The lowest BCUT2D eigenvalue weighted by Crippen LogP contribution is -2.47. The Morgan fingerprint density at radius 3 is 2.61 bits per heavy atom. The molecule has 0 saturated carbocycles. The molecule has 1 aliphatic heterocycles. The summed E-state index contributed by atoms with van der Waals surface area (Å²) in [5.41, 5.74) is 2.13. The van der Waals surface area contributed by atoms with Gasteiger partial charge in [0.25, 0.3) is 0 Å². The molecule has 1 amide bonds. The van der Waals surface area contributed by atoms with Crippen molar-refractivity contribution in [2.24, 2.45) is 0 Å². The number of pyridine rings is 1. The number of nitrogens with zero attached hydrogens (tertiary/aromatic N) is 7. The number of para-hydroxylation sites is 1. The van der Waals surface area contributed by atoms with Gasteiger partial charge < -0.3 is 15.1 Å². The summed E-state index contributed by atoms with van der Waals surface area (Å²) in [6, 6.07) is 11.4. The van der Waals surface area contributed by atoms with E-state index in [1.165, 1.54) is 6.33 Å². The van der Waals surface area contributed by atoms with Crippen molar-refractivity contribution in [1.29, 1.82) is 0 Å². The van der Waals surface area contributed by atoms with Gasteiger partial charge in [-0.15, -0.1) is 0 Å². The standard InChI is InChI=1S/C23H23ClN8O/c1-16-5-4-6-18(24)21(16)29-20(33)14-32-23-17(13-28-32)22(26-15-27-23)31-11-9-30(10-12-31)19-7-2-3-8-25-19/h2-8,13,15H,9-12,14H2,1H3,(H,29,33). The minimum atomic E-state index is -0.222. The first-order chi connectivity index (χ1) is 16.1. The molecule has 0 aliphatic carbocycles. The third kappa shape index (κ3) is 4.31. The van der Waals surface area contributed by atoms with Crippen LogP contribution in [0.5, 0.6) is 0 Å². The van der Waals surface area contributed by atoms with E-state index in [1.807, 2.05) is 43.5 Å². The average molecular weight is 463 g/mol. The van der Waals surface area contributed by atoms with Crippen LogP contribution in [0.4, 0.5) is 17.3 Å². The van der Waals surface area contributed by atoms with E-state index in [0.717, 1.165) is 48.8 Å². The first-order valence-corrected chi connectivity index (χ1v) is 11.1. The van der Waals surface area contributed by atoms with Gasteiger partial charge >= 0.3 is 0 Å². The third-order valence-electron chi connectivity index (χ3n) is 5.74. The normalized spacial score (nSPS) is 14.0. The number of hydrogen-bond acceptors (Lipinski definition) is 7. The van der Waals surface area contributed by atoms with Gasteiger partial charge in [0.2, 0.25) is 5.91 Å². The molecule has 0 atom stereocenters. The second-order valence-corrected chi connectivity index (χ2v) is 8.29. The van der Waals surface area contributed by atoms with Gasteiger partial charge in [-0.2, -0.15) is 5.10 Å². The molecule has 33 heavy (non-hydrogen) atoms. The number of anilines is 3. The Bertz CT molecular complexity index is 1260. The van der Waals surface area contributed by atoms with Crippen molar-refractivity contribution in [2.75, 3.05) is 41.3 Å². The number of aryl methyl sites for hydroxylation is 1. The van der Waals surface area contributed by atoms with Crippen LogP contribution in [0.1, 0.15) is 5.56 Å². The molecule has 1 aliphatic rings. The van der Waals surface area contributed by atoms with Crippen LogP contribution in [-0.2, 0) is 11.3 Å². The highest BCUT2D eigenvalue weighted by Gasteiger charge is 2.22. The molecular weight excluding hydrogens is 440 g/mol. The number of aromatic nitrogens is 5. The Hall–Kier alpha value is -3.72. The van der Waals surface area contributed by atoms with Gasteiger partial charge in [0.1, 0.15) is 24.5 Å². The number of carbonyl (C=O) groups excluding carboxylic acids is 1. The van der Waals surface area contributed by atoms with Gasteiger partial charge in [-0.25, -0.2) is 19.6 Å². The van der Waals surface area contributed by atoms with Crippen LogP contribution in [0.2, 0.25) is 5.02 Å². The molecule has 0 bridgehead atoms. The predicted molar refractivity (Wildman–Crippen MR) is 129 cm³/mol. The molecule has 9 nitrogen and oxygen atoms in total. The highest BCUT2D eigenvalue weighted by atomic mass is 35.5. The molecule has 1 aromatic carbocycles. The Morgan fingerprint density at radius 1 is 1.03 bits per heavy atom. The Balaban J connectivity index is 1.31. The molecule has 10 heteroatoms. The second-order valence-electron chi connectivity index (χ2n) is 7.88. The summed E-state index contributed by atoms with van der Waals surface area (Å²) in [6.07, 6.45) is 5.06. The molecule has 4 aromatic rings. The van der Waals surface area contributed by atoms with E-state index in [2.05, 4.69) is 35.2 Å². The Labute approximate surface area is 196 Å². The summed E-state index contributed by atoms with van der Waals surface area (Å²) in [5, 5.41) is 8.62. The largest absolute Gasteiger partial charge is 0.353 e. The molecule has 3 aromatic heterocycles. The molecule has 0 unspecified atom stereocenters. The molecule has 4 heterocycles. The summed E-state index contributed by atoms with van der Waals surface area (Å²) < 4.78 is 1.59. The van der Waals surface area contributed by atoms with Crippen molar-refractivity contribution in [2.45, 2.75) is 13.5 Å². The van der Waals surface area contributed by atoms with E-state index in [9.17, 15) is 4.79 Å². The van der Waals surface area contributed by atoms with Gasteiger partial charge in [-0.1, -0.05) is 29.8 Å². The maximum atomic E-state index is 12.7. The van der Waals surface area contributed by atoms with E-state index in [4.69, 9.17) is 11.6 Å². The van der Waals surface area contributed by atoms with Crippen molar-refractivity contribution in [1.82, 2.24) is 24.7 Å². The summed E-state index contributed by atoms with van der Waals surface area (Å²) in [4.78, 5) is 30.5. The van der Waals surface area contributed by atoms with Crippen LogP contribution >= 0.6 is 11.6 Å². The molecule has 5 rings (SSSR count). The molecular formula is C23H23ClN8O. The first kappa shape index (κ1) is 21.1. The van der Waals surface area contributed by atoms with Crippen LogP contribution in [-0.4, -0.2) is 56.8 Å². The van der Waals surface area contributed by atoms with Crippen molar-refractivity contribution in [3.63, 3.8) is 0 Å². The lowest BCUT2D eigenvalue weighted by atomic mass is 10.2. The molecule has 1 fully saturated rings. The van der Waals surface area contributed by atoms with Crippen molar-refractivity contribution in [3.8, 4) is 0 Å². The van der Waals surface area contributed by atoms with Crippen LogP contribution in [0.15, 0.2) is 55.1 Å². The molecule has 168 valence electrons. The Morgan fingerprint density at radius 2 is 1.85 bits per heavy atom. The van der Waals surface area contributed by atoms with Gasteiger partial charge in [-0.3, -0.25) is 4.79 Å². The fraction of sp³-hybridized carbons (Fsp3) is 0.261. The quantitative estimate of drug-likeness (QED) is 0.487. The maximum absolute atomic E-state index is 12.7. The lowest BCUT2D eigenvalue weighted by molar-refractivity contribution is -0.116. The van der Waals surface area contributed by atoms with Crippen molar-refractivity contribution >= 4 is 45.9 Å². The van der Waals surface area contributed by atoms with Gasteiger partial charge in [0, 0.05) is 32.4 Å². The lowest BCUT2D eigenvalue weighted by Gasteiger charge is -2.36. The summed E-state index contributed by atoms with van der Waals surface area (Å²) in [5.74, 6) is 1.59. The number of amides is 1. The van der Waals surface area contributed by atoms with Gasteiger partial charge in [-0.05, 0) is 30.7 Å². The summed E-state index contributed by atoms with van der Waals surface area (Å²) in [7, 11) is 0. The summed E-state index contributed by atoms with van der Waals surface area (Å²) in [6.45, 7) is 5.22. The average Bonchev–Trinajstić information content (AvgIpc) is 3.25. The number of rotatable bonds is 5. The number of piperazine rings is 1. The number of carbonyl (C=O) groups is 1. The number of hydrogen-bond donors (Lipinski definition) is 1. The molecule has 0 radical (unpaired) electrons. The molecule has 0 spiro atoms. The van der Waals surface area contributed by atoms with Crippen molar-refractivity contribution in [3.05, 3.63) is 65.7 Å². The SMILES string of the molecule is Cc1cccc(Cl)c1NC(=O)Cn1ncc2c(N3CCN(c4ccccn4)CC3)ncnc21. The van der Waals surface area contributed by atoms with E-state index in [0.29, 0.717) is 16.4 Å². The zero-order chi connectivity index (χ0) is 22.8. The summed E-state index contributed by atoms with van der Waals surface area (Å²) >= 11 is 6.24. The van der Waals surface area contributed by atoms with Gasteiger partial charge in [0.15, 0.2) is 5.65 Å². The maximum Gasteiger partial charge on any atom is 0.246 e. The van der Waals surface area contributed by atoms with E-state index >= 15 is 0 Å². The number of fused-ring (bicyclic) bond motifs is 1. The second kappa shape index (κ2) is 9.03. The third-order valence-corrected chi connectivity index (χ3v) is 6.06. The van der Waals surface area contributed by atoms with Crippen LogP contribution in [0.3, 0.4) is 0 Å². The van der Waals surface area contributed by atoms with Crippen molar-refractivity contribution < 1.29 is 4.79 Å². The monoisotopic (exact) mass is 462 g/mol. The Kier molecular flexibility index (Phi) is 5.78. The zero-order valence-electron chi connectivity index (χ0n) is 18.1. The van der Waals surface area contributed by atoms with E-state index in [1.54, 1.807) is 16.9 Å². The first-order valence-electron chi connectivity index (χ1n) is 10.7. The molecule has 1 N–H and O–H groups in total. The predicted octanol–water partition coefficient (Wildman–Crippen LogP) is 3.15. The minimum Gasteiger partial charge on any atom is -0.353 e. The van der Waals surface area contributed by atoms with Crippen LogP contribution in [0, 0.1) is 6.92 Å². The smallest absolute Gasteiger partial charge is 0.246 e. The van der Waals surface area contributed by atoms with Crippen LogP contribution in [0.25, 0.3) is 11.0 Å². The molecule has 1 saturated heterocycles. The fourth-order valence-electron chi connectivity index (χ4n) is 4.04. The highest BCUT2D eigenvalue weighted by Crippen LogP contribution is 2.26. The van der Waals surface area contributed by atoms with Crippen LogP contribution < -0.4 is 15.1 Å². The highest BCUT2D eigenvalue weighted by molar-refractivity contribution is 6.33. The number of nitrogens with one attached hydrogen (secondary N) is 1. The topological polar surface area (TPSA) is 92.1 Å².